The first-order valence-electron chi connectivity index (χ1n) is 6.04. The van der Waals surface area contributed by atoms with Crippen molar-refractivity contribution < 1.29 is 14.3 Å². The summed E-state index contributed by atoms with van der Waals surface area (Å²) < 4.78 is 4.76. The standard InChI is InChI=1S/C14H17NO3/c1-10-3-4-12(9-16)13(7-10)15-6-5-11(8-15)14(17)18-2/h3-4,7,9,11H,5-6,8H2,1-2H3. The second kappa shape index (κ2) is 5.21. The van der Waals surface area contributed by atoms with Crippen molar-refractivity contribution in [2.24, 2.45) is 5.92 Å². The molecule has 4 nitrogen and oxygen atoms in total. The lowest BCUT2D eigenvalue weighted by Gasteiger charge is -2.20. The number of esters is 1. The van der Waals surface area contributed by atoms with E-state index < -0.39 is 0 Å². The van der Waals surface area contributed by atoms with Gasteiger partial charge in [-0.05, 0) is 31.0 Å². The Hall–Kier alpha value is -1.84. The number of carbonyl (C=O) groups excluding carboxylic acids is 2. The Bertz CT molecular complexity index is 470. The Labute approximate surface area is 107 Å². The minimum Gasteiger partial charge on any atom is -0.469 e. The van der Waals surface area contributed by atoms with E-state index in [0.29, 0.717) is 12.1 Å². The third-order valence-corrected chi connectivity index (χ3v) is 3.38. The third-order valence-electron chi connectivity index (χ3n) is 3.38. The highest BCUT2D eigenvalue weighted by molar-refractivity contribution is 5.85. The van der Waals surface area contributed by atoms with E-state index in [0.717, 1.165) is 30.5 Å². The van der Waals surface area contributed by atoms with Gasteiger partial charge in [-0.2, -0.15) is 0 Å². The van der Waals surface area contributed by atoms with Crippen molar-refractivity contribution in [3.05, 3.63) is 29.3 Å². The number of rotatable bonds is 3. The van der Waals surface area contributed by atoms with Crippen LogP contribution in [0.4, 0.5) is 5.69 Å². The predicted octanol–water partition coefficient (Wildman–Crippen LogP) is 1.81. The van der Waals surface area contributed by atoms with Crippen molar-refractivity contribution in [3.63, 3.8) is 0 Å². The van der Waals surface area contributed by atoms with Crippen molar-refractivity contribution in [1.29, 1.82) is 0 Å². The largest absolute Gasteiger partial charge is 0.469 e. The van der Waals surface area contributed by atoms with Crippen LogP contribution in [0.2, 0.25) is 0 Å². The molecule has 1 aliphatic heterocycles. The van der Waals surface area contributed by atoms with Gasteiger partial charge in [0.2, 0.25) is 0 Å². The first-order valence-corrected chi connectivity index (χ1v) is 6.04. The number of carbonyl (C=O) groups is 2. The second-order valence-corrected chi connectivity index (χ2v) is 4.63. The lowest BCUT2D eigenvalue weighted by Crippen LogP contribution is -2.24. The van der Waals surface area contributed by atoms with Gasteiger partial charge in [-0.1, -0.05) is 6.07 Å². The van der Waals surface area contributed by atoms with Crippen LogP contribution in [0.5, 0.6) is 0 Å². The highest BCUT2D eigenvalue weighted by Crippen LogP contribution is 2.27. The van der Waals surface area contributed by atoms with Gasteiger partial charge in [0.15, 0.2) is 6.29 Å². The summed E-state index contributed by atoms with van der Waals surface area (Å²) in [6.07, 6.45) is 1.64. The number of nitrogens with zero attached hydrogens (tertiary/aromatic N) is 1. The smallest absolute Gasteiger partial charge is 0.310 e. The molecule has 0 aromatic heterocycles. The van der Waals surface area contributed by atoms with Crippen molar-refractivity contribution in [2.75, 3.05) is 25.1 Å². The summed E-state index contributed by atoms with van der Waals surface area (Å²) in [6, 6.07) is 5.73. The van der Waals surface area contributed by atoms with Crippen molar-refractivity contribution in [1.82, 2.24) is 0 Å². The number of aldehydes is 1. The van der Waals surface area contributed by atoms with Crippen molar-refractivity contribution in [3.8, 4) is 0 Å². The van der Waals surface area contributed by atoms with E-state index in [-0.39, 0.29) is 11.9 Å². The van der Waals surface area contributed by atoms with Crippen molar-refractivity contribution >= 4 is 17.9 Å². The fraction of sp³-hybridized carbons (Fsp3) is 0.429. The van der Waals surface area contributed by atoms with Crippen LogP contribution < -0.4 is 4.90 Å². The normalized spacial score (nSPS) is 18.8. The number of methoxy groups -OCH3 is 1. The molecule has 0 N–H and O–H groups in total. The Morgan fingerprint density at radius 2 is 2.28 bits per heavy atom. The molecule has 1 unspecified atom stereocenters. The number of hydrogen-bond acceptors (Lipinski definition) is 4. The lowest BCUT2D eigenvalue weighted by molar-refractivity contribution is -0.144. The fourth-order valence-electron chi connectivity index (χ4n) is 2.37. The SMILES string of the molecule is COC(=O)C1CCN(c2cc(C)ccc2C=O)C1. The zero-order valence-electron chi connectivity index (χ0n) is 10.7. The average Bonchev–Trinajstić information content (AvgIpc) is 2.87. The fourth-order valence-corrected chi connectivity index (χ4v) is 2.37. The molecular formula is C14H17NO3. The van der Waals surface area contributed by atoms with Crippen LogP contribution in [0.3, 0.4) is 0 Å². The van der Waals surface area contributed by atoms with E-state index in [1.165, 1.54) is 7.11 Å². The van der Waals surface area contributed by atoms with Crippen molar-refractivity contribution in [2.45, 2.75) is 13.3 Å². The maximum absolute atomic E-state index is 11.5. The molecule has 0 spiro atoms. The third kappa shape index (κ3) is 2.37. The summed E-state index contributed by atoms with van der Waals surface area (Å²) in [5.74, 6) is -0.257. The Morgan fingerprint density at radius 3 is 2.94 bits per heavy atom. The van der Waals surface area contributed by atoms with E-state index in [9.17, 15) is 9.59 Å². The average molecular weight is 247 g/mol. The van der Waals surface area contributed by atoms with Crippen LogP contribution >= 0.6 is 0 Å². The highest BCUT2D eigenvalue weighted by Gasteiger charge is 2.30. The summed E-state index contributed by atoms with van der Waals surface area (Å²) in [6.45, 7) is 3.40. The Morgan fingerprint density at radius 1 is 1.50 bits per heavy atom. The first kappa shape index (κ1) is 12.6. The molecule has 1 fully saturated rings. The molecule has 1 aliphatic rings. The van der Waals surface area contributed by atoms with Crippen LogP contribution in [0, 0.1) is 12.8 Å². The number of aryl methyl sites for hydroxylation is 1. The zero-order valence-corrected chi connectivity index (χ0v) is 10.7. The first-order chi connectivity index (χ1) is 8.65. The molecule has 1 heterocycles. The number of benzene rings is 1. The molecule has 4 heteroatoms. The molecule has 0 radical (unpaired) electrons. The summed E-state index contributed by atoms with van der Waals surface area (Å²) in [4.78, 5) is 24.6. The summed E-state index contributed by atoms with van der Waals surface area (Å²) in [5, 5.41) is 0. The molecule has 1 aromatic carbocycles. The van der Waals surface area contributed by atoms with Crippen LogP contribution in [0.1, 0.15) is 22.3 Å². The van der Waals surface area contributed by atoms with Gasteiger partial charge >= 0.3 is 5.97 Å². The number of hydrogen-bond donors (Lipinski definition) is 0. The monoisotopic (exact) mass is 247 g/mol. The molecule has 0 aliphatic carbocycles. The van der Waals surface area contributed by atoms with Gasteiger partial charge in [-0.15, -0.1) is 0 Å². The summed E-state index contributed by atoms with van der Waals surface area (Å²) in [5.41, 5.74) is 2.69. The minimum atomic E-state index is -0.169. The highest BCUT2D eigenvalue weighted by atomic mass is 16.5. The molecule has 1 saturated heterocycles. The van der Waals surface area contributed by atoms with Gasteiger partial charge in [0.1, 0.15) is 0 Å². The zero-order chi connectivity index (χ0) is 13.1. The molecule has 2 rings (SSSR count). The van der Waals surface area contributed by atoms with E-state index in [4.69, 9.17) is 4.74 Å². The van der Waals surface area contributed by atoms with Gasteiger partial charge < -0.3 is 9.64 Å². The van der Waals surface area contributed by atoms with E-state index in [2.05, 4.69) is 4.90 Å². The second-order valence-electron chi connectivity index (χ2n) is 4.63. The molecular weight excluding hydrogens is 230 g/mol. The van der Waals surface area contributed by atoms with E-state index >= 15 is 0 Å². The van der Waals surface area contributed by atoms with Gasteiger partial charge in [-0.3, -0.25) is 9.59 Å². The van der Waals surface area contributed by atoms with Crippen LogP contribution in [-0.4, -0.2) is 32.5 Å². The lowest BCUT2D eigenvalue weighted by atomic mass is 10.1. The topological polar surface area (TPSA) is 46.6 Å². The maximum atomic E-state index is 11.5. The van der Waals surface area contributed by atoms with Crippen LogP contribution in [0.25, 0.3) is 0 Å². The van der Waals surface area contributed by atoms with E-state index in [1.807, 2.05) is 25.1 Å². The molecule has 1 aromatic rings. The summed E-state index contributed by atoms with van der Waals surface area (Å²) in [7, 11) is 1.41. The minimum absolute atomic E-state index is 0.0879. The number of ether oxygens (including phenoxy) is 1. The number of anilines is 1. The molecule has 0 saturated carbocycles. The van der Waals surface area contributed by atoms with Gasteiger partial charge in [0, 0.05) is 24.3 Å². The molecule has 0 bridgehead atoms. The van der Waals surface area contributed by atoms with Gasteiger partial charge in [0.25, 0.3) is 0 Å². The van der Waals surface area contributed by atoms with Gasteiger partial charge in [-0.25, -0.2) is 0 Å². The molecule has 18 heavy (non-hydrogen) atoms. The Kier molecular flexibility index (Phi) is 3.65. The van der Waals surface area contributed by atoms with Crippen LogP contribution in [0.15, 0.2) is 18.2 Å². The maximum Gasteiger partial charge on any atom is 0.310 e. The Balaban J connectivity index is 2.21. The van der Waals surface area contributed by atoms with E-state index in [1.54, 1.807) is 0 Å². The van der Waals surface area contributed by atoms with Gasteiger partial charge in [0.05, 0.1) is 13.0 Å². The molecule has 96 valence electrons. The van der Waals surface area contributed by atoms with Crippen LogP contribution in [-0.2, 0) is 9.53 Å². The quantitative estimate of drug-likeness (QED) is 0.603. The summed E-state index contributed by atoms with van der Waals surface area (Å²) >= 11 is 0. The molecule has 0 amide bonds. The molecule has 1 atom stereocenters. The predicted molar refractivity (Wildman–Crippen MR) is 68.9 cm³/mol.